The van der Waals surface area contributed by atoms with Crippen molar-refractivity contribution >= 4 is 34.5 Å². The topological polar surface area (TPSA) is 90.7 Å². The molecule has 156 valence electrons. The second-order valence-corrected chi connectivity index (χ2v) is 7.65. The predicted octanol–water partition coefficient (Wildman–Crippen LogP) is 1.93. The predicted molar refractivity (Wildman–Crippen MR) is 110 cm³/mol. The van der Waals surface area contributed by atoms with Crippen LogP contribution in [0.5, 0.6) is 0 Å². The van der Waals surface area contributed by atoms with E-state index in [1.165, 1.54) is 18.9 Å². The van der Waals surface area contributed by atoms with Gasteiger partial charge in [0.1, 0.15) is 0 Å². The van der Waals surface area contributed by atoms with Crippen molar-refractivity contribution in [1.29, 1.82) is 0 Å². The fraction of sp³-hybridized carbons (Fsp3) is 0.500. The number of unbranched alkanes of at least 4 members (excludes halogenated alkanes) is 1. The third kappa shape index (κ3) is 4.97. The number of hydrogen-bond donors (Lipinski definition) is 0. The zero-order chi connectivity index (χ0) is 20.8. The molecule has 1 aliphatic heterocycles. The van der Waals surface area contributed by atoms with Crippen LogP contribution in [0.1, 0.15) is 30.1 Å². The monoisotopic (exact) mass is 419 g/mol. The first-order valence-corrected chi connectivity index (χ1v) is 10.6. The number of benzene rings is 1. The largest absolute Gasteiger partial charge is 0.465 e. The molecule has 0 aliphatic carbocycles. The van der Waals surface area contributed by atoms with E-state index in [1.807, 2.05) is 0 Å². The maximum Gasteiger partial charge on any atom is 0.337 e. The lowest BCUT2D eigenvalue weighted by molar-refractivity contribution is -0.132. The Bertz CT molecular complexity index is 953. The number of hydrogen-bond acceptors (Lipinski definition) is 7. The maximum absolute atomic E-state index is 13.0. The van der Waals surface area contributed by atoms with Crippen LogP contribution in [0.2, 0.25) is 0 Å². The van der Waals surface area contributed by atoms with E-state index in [9.17, 15) is 14.4 Å². The van der Waals surface area contributed by atoms with Crippen molar-refractivity contribution in [2.75, 3.05) is 39.2 Å². The van der Waals surface area contributed by atoms with E-state index >= 15 is 0 Å². The van der Waals surface area contributed by atoms with Crippen LogP contribution >= 0.6 is 11.8 Å². The zero-order valence-corrected chi connectivity index (χ0v) is 17.5. The van der Waals surface area contributed by atoms with Crippen molar-refractivity contribution in [2.24, 2.45) is 0 Å². The van der Waals surface area contributed by atoms with Gasteiger partial charge < -0.3 is 14.4 Å². The lowest BCUT2D eigenvalue weighted by atomic mass is 10.1. The number of amides is 1. The van der Waals surface area contributed by atoms with Gasteiger partial charge in [-0.2, -0.15) is 0 Å². The van der Waals surface area contributed by atoms with Crippen molar-refractivity contribution in [2.45, 2.75) is 31.5 Å². The smallest absolute Gasteiger partial charge is 0.337 e. The summed E-state index contributed by atoms with van der Waals surface area (Å²) in [6.07, 6.45) is 1.76. The van der Waals surface area contributed by atoms with Crippen LogP contribution in [-0.4, -0.2) is 65.5 Å². The number of fused-ring (bicyclic) bond motifs is 1. The van der Waals surface area contributed by atoms with Gasteiger partial charge in [-0.15, -0.1) is 0 Å². The lowest BCUT2D eigenvalue weighted by Crippen LogP contribution is -2.41. The van der Waals surface area contributed by atoms with Gasteiger partial charge in [-0.1, -0.05) is 25.1 Å². The van der Waals surface area contributed by atoms with Crippen LogP contribution in [0.3, 0.4) is 0 Å². The number of rotatable bonds is 7. The summed E-state index contributed by atoms with van der Waals surface area (Å²) < 4.78 is 11.7. The number of carbonyl (C=O) groups excluding carboxylic acids is 2. The molecule has 0 saturated carbocycles. The van der Waals surface area contributed by atoms with Gasteiger partial charge in [0, 0.05) is 19.6 Å². The molecule has 1 aromatic carbocycles. The molecule has 1 saturated heterocycles. The number of carbonyl (C=O) groups is 2. The normalized spacial score (nSPS) is 14.2. The van der Waals surface area contributed by atoms with Crippen LogP contribution < -0.4 is 5.56 Å². The van der Waals surface area contributed by atoms with Gasteiger partial charge in [0.2, 0.25) is 5.91 Å². The van der Waals surface area contributed by atoms with Crippen LogP contribution in [0.4, 0.5) is 0 Å². The highest BCUT2D eigenvalue weighted by Crippen LogP contribution is 2.20. The standard InChI is InChI=1S/C20H25N3O5S/c1-3-4-7-23-18(25)15-6-5-14(19(26)27-2)12-16(15)21-20(23)29-13-17(24)22-8-10-28-11-9-22/h5-6,12H,3-4,7-11,13H2,1-2H3. The molecule has 1 aliphatic rings. The molecule has 0 N–H and O–H groups in total. The van der Waals surface area contributed by atoms with Crippen molar-refractivity contribution in [3.8, 4) is 0 Å². The second kappa shape index (κ2) is 9.89. The van der Waals surface area contributed by atoms with E-state index in [0.717, 1.165) is 12.8 Å². The second-order valence-electron chi connectivity index (χ2n) is 6.71. The highest BCUT2D eigenvalue weighted by Gasteiger charge is 2.19. The molecular formula is C20H25N3O5S. The molecule has 3 rings (SSSR count). The van der Waals surface area contributed by atoms with Crippen molar-refractivity contribution in [1.82, 2.24) is 14.5 Å². The van der Waals surface area contributed by atoms with E-state index in [1.54, 1.807) is 27.7 Å². The van der Waals surface area contributed by atoms with E-state index < -0.39 is 5.97 Å². The molecule has 1 aromatic heterocycles. The van der Waals surface area contributed by atoms with Crippen molar-refractivity contribution < 1.29 is 19.1 Å². The van der Waals surface area contributed by atoms with Gasteiger partial charge in [-0.25, -0.2) is 9.78 Å². The summed E-state index contributed by atoms with van der Waals surface area (Å²) in [4.78, 5) is 43.7. The summed E-state index contributed by atoms with van der Waals surface area (Å²) in [5.41, 5.74) is 0.590. The summed E-state index contributed by atoms with van der Waals surface area (Å²) in [6.45, 7) is 4.83. The fourth-order valence-corrected chi connectivity index (χ4v) is 4.03. The molecule has 0 atom stereocenters. The van der Waals surface area contributed by atoms with Crippen LogP contribution in [0, 0.1) is 0 Å². The average molecular weight is 420 g/mol. The van der Waals surface area contributed by atoms with Gasteiger partial charge >= 0.3 is 5.97 Å². The molecule has 2 aromatic rings. The Labute approximate surface area is 173 Å². The SMILES string of the molecule is CCCCn1c(SCC(=O)N2CCOCC2)nc2cc(C(=O)OC)ccc2c1=O. The van der Waals surface area contributed by atoms with E-state index in [4.69, 9.17) is 9.47 Å². The molecule has 0 spiro atoms. The lowest BCUT2D eigenvalue weighted by Gasteiger charge is -2.26. The molecule has 0 bridgehead atoms. The van der Waals surface area contributed by atoms with Crippen LogP contribution in [0.25, 0.3) is 10.9 Å². The minimum absolute atomic E-state index is 0.00185. The Morgan fingerprint density at radius 3 is 2.72 bits per heavy atom. The number of aromatic nitrogens is 2. The number of nitrogens with zero attached hydrogens (tertiary/aromatic N) is 3. The van der Waals surface area contributed by atoms with Gasteiger partial charge in [0.15, 0.2) is 5.16 Å². The van der Waals surface area contributed by atoms with Gasteiger partial charge in [0.25, 0.3) is 5.56 Å². The van der Waals surface area contributed by atoms with E-state index in [2.05, 4.69) is 11.9 Å². The molecule has 1 fully saturated rings. The summed E-state index contributed by atoms with van der Waals surface area (Å²) in [6, 6.07) is 4.73. The minimum Gasteiger partial charge on any atom is -0.465 e. The third-order valence-corrected chi connectivity index (χ3v) is 5.73. The molecule has 1 amide bonds. The first-order valence-electron chi connectivity index (χ1n) is 9.66. The Morgan fingerprint density at radius 1 is 1.28 bits per heavy atom. The molecule has 9 heteroatoms. The number of esters is 1. The number of thioether (sulfide) groups is 1. The molecule has 0 unspecified atom stereocenters. The van der Waals surface area contributed by atoms with Crippen LogP contribution in [-0.2, 0) is 20.8 Å². The Balaban J connectivity index is 1.92. The van der Waals surface area contributed by atoms with Gasteiger partial charge in [-0.3, -0.25) is 14.2 Å². The van der Waals surface area contributed by atoms with E-state index in [-0.39, 0.29) is 17.2 Å². The van der Waals surface area contributed by atoms with Crippen molar-refractivity contribution in [3.63, 3.8) is 0 Å². The summed E-state index contributed by atoms with van der Waals surface area (Å²) in [5.74, 6) is -0.292. The summed E-state index contributed by atoms with van der Waals surface area (Å²) in [7, 11) is 1.31. The Morgan fingerprint density at radius 2 is 2.03 bits per heavy atom. The van der Waals surface area contributed by atoms with Gasteiger partial charge in [0.05, 0.1) is 42.5 Å². The minimum atomic E-state index is -0.486. The average Bonchev–Trinajstić information content (AvgIpc) is 2.76. The number of morpholine rings is 1. The third-order valence-electron chi connectivity index (χ3n) is 4.77. The highest BCUT2D eigenvalue weighted by atomic mass is 32.2. The fourth-order valence-electron chi connectivity index (χ4n) is 3.10. The zero-order valence-electron chi connectivity index (χ0n) is 16.7. The molecule has 2 heterocycles. The molecule has 0 radical (unpaired) electrons. The van der Waals surface area contributed by atoms with E-state index in [0.29, 0.717) is 54.5 Å². The van der Waals surface area contributed by atoms with Gasteiger partial charge in [-0.05, 0) is 24.6 Å². The molecule has 29 heavy (non-hydrogen) atoms. The number of methoxy groups -OCH3 is 1. The summed E-state index contributed by atoms with van der Waals surface area (Å²) >= 11 is 1.25. The van der Waals surface area contributed by atoms with Crippen molar-refractivity contribution in [3.05, 3.63) is 34.1 Å². The molecular weight excluding hydrogens is 394 g/mol. The quantitative estimate of drug-likeness (QED) is 0.385. The first kappa shape index (κ1) is 21.3. The maximum atomic E-state index is 13.0. The summed E-state index contributed by atoms with van der Waals surface area (Å²) in [5, 5.41) is 0.928. The Hall–Kier alpha value is -2.39. The van der Waals surface area contributed by atoms with Crippen LogP contribution in [0.15, 0.2) is 28.2 Å². The number of ether oxygens (including phenoxy) is 2. The Kier molecular flexibility index (Phi) is 7.27. The highest BCUT2D eigenvalue weighted by molar-refractivity contribution is 7.99. The molecule has 8 nitrogen and oxygen atoms in total. The first-order chi connectivity index (χ1) is 14.0.